The summed E-state index contributed by atoms with van der Waals surface area (Å²) >= 11 is 7.34. The Balaban J connectivity index is 1.80. The summed E-state index contributed by atoms with van der Waals surface area (Å²) in [5.74, 6) is -0.209. The third-order valence-corrected chi connectivity index (χ3v) is 6.44. The topological polar surface area (TPSA) is 49.4 Å². The van der Waals surface area contributed by atoms with Gasteiger partial charge in [0.05, 0.1) is 5.75 Å². The van der Waals surface area contributed by atoms with Crippen molar-refractivity contribution in [3.05, 3.63) is 106 Å². The number of hydrogen-bond donors (Lipinski definition) is 1. The van der Waals surface area contributed by atoms with Crippen molar-refractivity contribution in [1.29, 1.82) is 0 Å². The highest BCUT2D eigenvalue weighted by molar-refractivity contribution is 7.99. The summed E-state index contributed by atoms with van der Waals surface area (Å²) in [6, 6.07) is 22.7. The number of nitrogens with one attached hydrogen (secondary N) is 1. The molecular formula is C26H26ClFN2O2S. The normalized spacial score (nSPS) is 11.6. The first-order valence-corrected chi connectivity index (χ1v) is 12.1. The van der Waals surface area contributed by atoms with Gasteiger partial charge < -0.3 is 10.2 Å². The van der Waals surface area contributed by atoms with E-state index >= 15 is 0 Å². The molecule has 2 amide bonds. The van der Waals surface area contributed by atoms with Crippen molar-refractivity contribution < 1.29 is 14.0 Å². The number of nitrogens with zero attached hydrogens (tertiary/aromatic N) is 1. The molecule has 0 bridgehead atoms. The average molecular weight is 485 g/mol. The first-order chi connectivity index (χ1) is 16.0. The van der Waals surface area contributed by atoms with Gasteiger partial charge in [0.25, 0.3) is 0 Å². The molecule has 3 rings (SSSR count). The van der Waals surface area contributed by atoms with Crippen molar-refractivity contribution in [2.45, 2.75) is 24.8 Å². The Bertz CT molecular complexity index is 1060. The number of carbonyl (C=O) groups excluding carboxylic acids is 2. The molecule has 0 aromatic heterocycles. The molecular weight excluding hydrogens is 459 g/mol. The molecule has 1 atom stereocenters. The highest BCUT2D eigenvalue weighted by Crippen LogP contribution is 2.20. The highest BCUT2D eigenvalue weighted by Gasteiger charge is 2.29. The minimum Gasteiger partial charge on any atom is -0.357 e. The Morgan fingerprint density at radius 2 is 1.64 bits per heavy atom. The van der Waals surface area contributed by atoms with E-state index in [9.17, 15) is 14.0 Å². The number of rotatable bonds is 10. The molecule has 0 saturated carbocycles. The average Bonchev–Trinajstić information content (AvgIpc) is 2.83. The lowest BCUT2D eigenvalue weighted by atomic mass is 10.0. The third-order valence-electron chi connectivity index (χ3n) is 5.22. The Kier molecular flexibility index (Phi) is 9.34. The van der Waals surface area contributed by atoms with E-state index in [1.807, 2.05) is 42.5 Å². The lowest BCUT2D eigenvalue weighted by Gasteiger charge is -2.31. The van der Waals surface area contributed by atoms with Crippen molar-refractivity contribution >= 4 is 35.2 Å². The maximum absolute atomic E-state index is 13.9. The standard InChI is InChI=1S/C26H26ClFN2O2S/c1-29-26(32)24(15-19-7-3-2-4-8-19)30(16-20-11-13-22(27)14-12-20)25(31)18-33-17-21-9-5-6-10-23(21)28/h2-14,24H,15-18H2,1H3,(H,29,32). The van der Waals surface area contributed by atoms with Crippen LogP contribution in [0, 0.1) is 5.82 Å². The molecule has 0 spiro atoms. The van der Waals surface area contributed by atoms with Crippen molar-refractivity contribution in [3.8, 4) is 0 Å². The molecule has 3 aromatic carbocycles. The van der Waals surface area contributed by atoms with E-state index in [0.717, 1.165) is 11.1 Å². The van der Waals surface area contributed by atoms with Crippen LogP contribution in [0.3, 0.4) is 0 Å². The fourth-order valence-corrected chi connectivity index (χ4v) is 4.48. The van der Waals surface area contributed by atoms with Gasteiger partial charge in [-0.2, -0.15) is 0 Å². The fourth-order valence-electron chi connectivity index (χ4n) is 3.45. The van der Waals surface area contributed by atoms with Crippen molar-refractivity contribution in [3.63, 3.8) is 0 Å². The van der Waals surface area contributed by atoms with Crippen LogP contribution in [0.2, 0.25) is 5.02 Å². The minimum absolute atomic E-state index is 0.129. The van der Waals surface area contributed by atoms with E-state index in [4.69, 9.17) is 11.6 Å². The van der Waals surface area contributed by atoms with Crippen molar-refractivity contribution in [1.82, 2.24) is 10.2 Å². The zero-order valence-corrected chi connectivity index (χ0v) is 19.9. The monoisotopic (exact) mass is 484 g/mol. The summed E-state index contributed by atoms with van der Waals surface area (Å²) in [7, 11) is 1.57. The van der Waals surface area contributed by atoms with Crippen LogP contribution in [0.25, 0.3) is 0 Å². The van der Waals surface area contributed by atoms with Gasteiger partial charge in [-0.05, 0) is 34.9 Å². The SMILES string of the molecule is CNC(=O)C(Cc1ccccc1)N(Cc1ccc(Cl)cc1)C(=O)CSCc1ccccc1F. The predicted molar refractivity (Wildman–Crippen MR) is 133 cm³/mol. The van der Waals surface area contributed by atoms with Gasteiger partial charge in [0.1, 0.15) is 11.9 Å². The largest absolute Gasteiger partial charge is 0.357 e. The second kappa shape index (κ2) is 12.4. The number of likely N-dealkylation sites (N-methyl/N-ethyl adjacent to an activating group) is 1. The van der Waals surface area contributed by atoms with Gasteiger partial charge in [0.2, 0.25) is 11.8 Å². The summed E-state index contributed by atoms with van der Waals surface area (Å²) in [5.41, 5.74) is 2.37. The Labute approximate surface area is 203 Å². The highest BCUT2D eigenvalue weighted by atomic mass is 35.5. The molecule has 3 aromatic rings. The van der Waals surface area contributed by atoms with Gasteiger partial charge in [0.15, 0.2) is 0 Å². The van der Waals surface area contributed by atoms with Crippen LogP contribution in [0.1, 0.15) is 16.7 Å². The summed E-state index contributed by atoms with van der Waals surface area (Å²) in [6.45, 7) is 0.265. The van der Waals surface area contributed by atoms with E-state index in [-0.39, 0.29) is 29.9 Å². The van der Waals surface area contributed by atoms with Crippen LogP contribution >= 0.6 is 23.4 Å². The van der Waals surface area contributed by atoms with E-state index in [1.165, 1.54) is 17.8 Å². The molecule has 0 aliphatic rings. The van der Waals surface area contributed by atoms with E-state index < -0.39 is 6.04 Å². The molecule has 0 aliphatic carbocycles. The van der Waals surface area contributed by atoms with E-state index in [0.29, 0.717) is 22.8 Å². The first-order valence-electron chi connectivity index (χ1n) is 10.6. The van der Waals surface area contributed by atoms with Crippen LogP contribution in [0.15, 0.2) is 78.9 Å². The second-order valence-corrected chi connectivity index (χ2v) is 8.97. The molecule has 0 heterocycles. The molecule has 0 aliphatic heterocycles. The van der Waals surface area contributed by atoms with E-state index in [1.54, 1.807) is 42.3 Å². The van der Waals surface area contributed by atoms with E-state index in [2.05, 4.69) is 5.32 Å². The molecule has 4 nitrogen and oxygen atoms in total. The number of halogens is 2. The molecule has 172 valence electrons. The maximum Gasteiger partial charge on any atom is 0.242 e. The van der Waals surface area contributed by atoms with Gasteiger partial charge in [-0.3, -0.25) is 9.59 Å². The Hall–Kier alpha value is -2.83. The zero-order valence-electron chi connectivity index (χ0n) is 18.3. The van der Waals surface area contributed by atoms with Crippen molar-refractivity contribution in [2.75, 3.05) is 12.8 Å². The number of hydrogen-bond acceptors (Lipinski definition) is 3. The third kappa shape index (κ3) is 7.34. The van der Waals surface area contributed by atoms with Crippen molar-refractivity contribution in [2.24, 2.45) is 0 Å². The lowest BCUT2D eigenvalue weighted by Crippen LogP contribution is -2.50. The zero-order chi connectivity index (χ0) is 23.6. The summed E-state index contributed by atoms with van der Waals surface area (Å²) in [4.78, 5) is 27.8. The molecule has 0 fully saturated rings. The first kappa shape index (κ1) is 24.8. The molecule has 0 saturated heterocycles. The number of benzene rings is 3. The quantitative estimate of drug-likeness (QED) is 0.435. The Morgan fingerprint density at radius 1 is 0.970 bits per heavy atom. The molecule has 1 N–H and O–H groups in total. The van der Waals surface area contributed by atoms with Gasteiger partial charge in [-0.15, -0.1) is 11.8 Å². The van der Waals surface area contributed by atoms with Crippen LogP contribution in [-0.2, 0) is 28.3 Å². The van der Waals surface area contributed by atoms with Gasteiger partial charge in [-0.1, -0.05) is 72.3 Å². The predicted octanol–water partition coefficient (Wildman–Crippen LogP) is 5.10. The smallest absolute Gasteiger partial charge is 0.242 e. The molecule has 0 radical (unpaired) electrons. The van der Waals surface area contributed by atoms with Gasteiger partial charge >= 0.3 is 0 Å². The van der Waals surface area contributed by atoms with Crippen LogP contribution in [0.4, 0.5) is 4.39 Å². The van der Waals surface area contributed by atoms with Crippen LogP contribution in [-0.4, -0.2) is 35.6 Å². The number of thioether (sulfide) groups is 1. The van der Waals surface area contributed by atoms with Gasteiger partial charge in [0, 0.05) is 30.8 Å². The van der Waals surface area contributed by atoms with Crippen LogP contribution in [0.5, 0.6) is 0 Å². The molecule has 7 heteroatoms. The summed E-state index contributed by atoms with van der Waals surface area (Å²) in [5, 5.41) is 3.30. The fraction of sp³-hybridized carbons (Fsp3) is 0.231. The molecule has 1 unspecified atom stereocenters. The number of carbonyl (C=O) groups is 2. The van der Waals surface area contributed by atoms with Gasteiger partial charge in [-0.25, -0.2) is 4.39 Å². The minimum atomic E-state index is -0.686. The Morgan fingerprint density at radius 3 is 2.30 bits per heavy atom. The summed E-state index contributed by atoms with van der Waals surface area (Å²) in [6.07, 6.45) is 0.387. The second-order valence-electron chi connectivity index (χ2n) is 7.55. The molecule has 33 heavy (non-hydrogen) atoms. The maximum atomic E-state index is 13.9. The lowest BCUT2D eigenvalue weighted by molar-refractivity contribution is -0.139. The summed E-state index contributed by atoms with van der Waals surface area (Å²) < 4.78 is 13.9. The number of amides is 2. The van der Waals surface area contributed by atoms with Crippen LogP contribution < -0.4 is 5.32 Å².